The molecule has 5 aliphatic rings. The zero-order valence-electron chi connectivity index (χ0n) is 82.9. The van der Waals surface area contributed by atoms with Gasteiger partial charge in [0.1, 0.15) is 77.4 Å². The van der Waals surface area contributed by atoms with Gasteiger partial charge >= 0.3 is 52.7 Å². The molecule has 2 aliphatic heterocycles. The van der Waals surface area contributed by atoms with Crippen LogP contribution in [0.4, 0.5) is 73.6 Å². The number of alkyl halides is 9. The Kier molecular flexibility index (Phi) is 36.4. The van der Waals surface area contributed by atoms with E-state index in [9.17, 15) is 90.1 Å². The van der Waals surface area contributed by atoms with Gasteiger partial charge < -0.3 is 46.5 Å². The molecule has 147 heavy (non-hydrogen) atoms. The number of carbonyl (C=O) groups is 2. The summed E-state index contributed by atoms with van der Waals surface area (Å²) in [5.41, 5.74) is -0.611. The summed E-state index contributed by atoms with van der Waals surface area (Å²) in [7, 11) is -44.1. The van der Waals surface area contributed by atoms with Crippen molar-refractivity contribution < 1.29 is 159 Å². The van der Waals surface area contributed by atoms with Crippen LogP contribution in [0.15, 0.2) is 248 Å². The van der Waals surface area contributed by atoms with Gasteiger partial charge in [0.2, 0.25) is 11.0 Å². The molecule has 1 unspecified atom stereocenters. The SMILES string of the molecule is CCC(C)(C)C(=O)OC1CCC(S(=O)(=O)c2ccccc2)CC1.CCN(CCOC(=O)C(C)(C)CC)S(=O)(=O)C(F)(F)C(F)(F)C(F)(F)S(=O)(=O)[N-]S(=O)(=O)c1ccccc1-c1c2ccc(=[N+](c3ccccc3)C(C)C)cc-2oc2cc(N(c3ccccc3)C(C)C)ccc12.Cc1cc(S(=O)(=O)[N-]S(=O)(=O)C(F)(F)F)cc(C)c1Nc1ccc2c(c1)OC1=CC([NH2+]c3c(C)ccc(S(=O)(=O)[N-]S(C)(=O)=O)c3C)C=CC1=C2.[Li+]. The smallest absolute Gasteiger partial charge is 0.464 e. The molecule has 1 fully saturated rings. The Morgan fingerprint density at radius 3 is 1.71 bits per heavy atom. The predicted molar refractivity (Wildman–Crippen MR) is 538 cm³/mol. The number of esters is 2. The minimum Gasteiger partial charge on any atom is -0.464 e. The number of sulfonamides is 7. The van der Waals surface area contributed by atoms with Gasteiger partial charge in [-0.25, -0.2) is 67.3 Å². The standard InChI is InChI=1S/C50H54F6N4O9S3.C31H29F3N4O9S4.C18H26O4S.Li/c1-9-47(7,8)46(61)68-30-29-58(10-2)72(66,67)50(55,56)48(51,52)49(53,54)71(64,65)57-70(62,63)44-24-18-17-23-41(44)45-39-27-25-37(59(33(3)4)35-19-13-11-14-20-35)31-42(39)69-43-32-38(26-28-40(43)45)60(34(5)6)36-21-15-12-16-22-36;1-17-6-11-28(50(43,44)37-48(5,39)40)20(4)30(17)36-24-10-8-22-14-21-7-9-23(15-26(21)47-27(22)16-24)35-29-18(2)12-25(13-19(29)3)49(41,42)38-51(45,46)31(32,33)34;1-4-18(2,3)17(19)22-14-10-12-16(13-11-14)23(20,21)15-8-6-5-7-9-15;/h11-28,31-34H,9-10,29-30H2,1-8H3;6-16,24,35-36H,1-5H3;5-9,14,16H,4,10-13H2,1-3H3;/q;-2;;+1/p+1. The zero-order chi connectivity index (χ0) is 108. The molecule has 0 saturated heterocycles. The van der Waals surface area contributed by atoms with Crippen molar-refractivity contribution >= 4 is 143 Å². The van der Waals surface area contributed by atoms with E-state index in [1.54, 1.807) is 106 Å². The summed E-state index contributed by atoms with van der Waals surface area (Å²) in [5, 5.41) is -8.70. The van der Waals surface area contributed by atoms with Crippen molar-refractivity contribution in [2.45, 2.75) is 213 Å². The third-order valence-electron chi connectivity index (χ3n) is 24.7. The Hall–Kier alpha value is -10.6. The number of hydrogen-bond donors (Lipinski definition) is 2. The normalized spacial score (nSPS) is 16.0. The number of sulfone groups is 1. The average Bonchev–Trinajstić information content (AvgIpc) is 0.709. The first-order valence-electron chi connectivity index (χ1n) is 45.6. The third kappa shape index (κ3) is 26.0. The van der Waals surface area contributed by atoms with Crippen LogP contribution in [0.25, 0.3) is 51.9 Å². The molecule has 48 heteroatoms. The number of hydrogen-bond acceptors (Lipinski definition) is 24. The number of benzene rings is 9. The molecule has 1 atom stereocenters. The van der Waals surface area contributed by atoms with E-state index in [-0.39, 0.29) is 110 Å². The van der Waals surface area contributed by atoms with Crippen LogP contribution in [0.1, 0.15) is 143 Å². The fraction of sp³-hybridized carbons (Fsp3) is 0.364. The molecule has 8 aromatic rings. The molecule has 1 saturated carbocycles. The Labute approximate surface area is 862 Å². The van der Waals surface area contributed by atoms with Gasteiger partial charge in [0.05, 0.1) is 46.9 Å². The van der Waals surface area contributed by atoms with Gasteiger partial charge in [-0.1, -0.05) is 99.6 Å². The molecule has 790 valence electrons. The van der Waals surface area contributed by atoms with E-state index in [0.717, 1.165) is 65.7 Å². The summed E-state index contributed by atoms with van der Waals surface area (Å²) >= 11 is 0. The summed E-state index contributed by atoms with van der Waals surface area (Å²) in [6.07, 6.45) is 11.3. The van der Waals surface area contributed by atoms with Gasteiger partial charge in [-0.15, -0.1) is 0 Å². The van der Waals surface area contributed by atoms with E-state index in [4.69, 9.17) is 18.6 Å². The molecule has 0 bridgehead atoms. The quantitative estimate of drug-likeness (QED) is 0.00930. The Bertz CT molecular complexity index is 7750. The molecular formula is C99H110F9LiN8O22S8. The Balaban J connectivity index is 0.000000254. The number of likely N-dealkylation sites (N-methyl/N-ethyl adjacent to an activating group) is 1. The van der Waals surface area contributed by atoms with Crippen LogP contribution >= 0.6 is 0 Å². The van der Waals surface area contributed by atoms with Gasteiger partial charge in [-0.05, 0) is 230 Å². The van der Waals surface area contributed by atoms with E-state index >= 15 is 26.3 Å². The predicted octanol–water partition coefficient (Wildman–Crippen LogP) is 17.0. The fourth-order valence-corrected chi connectivity index (χ4v) is 27.1. The second-order valence-corrected chi connectivity index (χ2v) is 51.2. The van der Waals surface area contributed by atoms with E-state index in [2.05, 4.69) is 17.7 Å². The van der Waals surface area contributed by atoms with Crippen molar-refractivity contribution in [3.05, 3.63) is 269 Å². The number of nitrogens with one attached hydrogen (secondary N) is 1. The van der Waals surface area contributed by atoms with Crippen molar-refractivity contribution in [2.24, 2.45) is 10.8 Å². The van der Waals surface area contributed by atoms with Gasteiger partial charge in [0.25, 0.3) is 10.0 Å². The first kappa shape index (κ1) is 118. The number of halogens is 9. The maximum absolute atomic E-state index is 15.8. The van der Waals surface area contributed by atoms with Crippen molar-refractivity contribution in [3.63, 3.8) is 0 Å². The maximum atomic E-state index is 15.8. The van der Waals surface area contributed by atoms with Crippen LogP contribution in [-0.2, 0) is 99.1 Å². The van der Waals surface area contributed by atoms with E-state index < -0.39 is 153 Å². The number of anilines is 4. The molecule has 13 rings (SSSR count). The Morgan fingerprint density at radius 1 is 0.571 bits per heavy atom. The monoisotopic (exact) mass is 2200 g/mol. The number of carbonyl (C=O) groups excluding carboxylic acids is 2. The second-order valence-electron chi connectivity index (χ2n) is 36.7. The van der Waals surface area contributed by atoms with Crippen LogP contribution in [0, 0.1) is 38.5 Å². The van der Waals surface area contributed by atoms with Crippen molar-refractivity contribution in [2.75, 3.05) is 36.2 Å². The number of quaternary nitrogens is 1. The maximum Gasteiger partial charge on any atom is 1.00 e. The molecule has 30 nitrogen and oxygen atoms in total. The van der Waals surface area contributed by atoms with Crippen LogP contribution < -0.4 is 49.1 Å². The van der Waals surface area contributed by atoms with Gasteiger partial charge in [-0.3, -0.25) is 9.59 Å². The number of fused-ring (bicyclic) bond motifs is 4. The molecule has 0 aromatic heterocycles. The molecule has 3 aliphatic carbocycles. The van der Waals surface area contributed by atoms with Crippen LogP contribution in [-0.4, -0.2) is 161 Å². The molecule has 3 N–H and O–H groups in total. The number of aryl methyl sites for hydroxylation is 3. The molecular weight excluding hydrogens is 2090 g/mol. The first-order chi connectivity index (χ1) is 67.6. The second kappa shape index (κ2) is 45.3. The van der Waals surface area contributed by atoms with Crippen molar-refractivity contribution in [1.29, 1.82) is 0 Å². The fourth-order valence-electron chi connectivity index (χ4n) is 16.1. The summed E-state index contributed by atoms with van der Waals surface area (Å²) in [6.45, 7) is 22.0. The van der Waals surface area contributed by atoms with Crippen LogP contribution in [0.5, 0.6) is 5.75 Å². The number of rotatable bonds is 35. The van der Waals surface area contributed by atoms with E-state index in [1.807, 2.05) is 154 Å². The van der Waals surface area contributed by atoms with Crippen molar-refractivity contribution in [3.8, 4) is 28.2 Å². The summed E-state index contributed by atoms with van der Waals surface area (Å²) in [5.74, 6) is -7.35. The van der Waals surface area contributed by atoms with Gasteiger partial charge in [0.15, 0.2) is 35.9 Å². The number of ether oxygens (including phenoxy) is 3. The molecule has 2 heterocycles. The minimum absolute atomic E-state index is 0. The third-order valence-corrected chi connectivity index (χ3v) is 38.2. The number of para-hydroxylation sites is 2. The van der Waals surface area contributed by atoms with Crippen molar-refractivity contribution in [1.82, 2.24) is 8.88 Å². The minimum atomic E-state index is -7.64. The Morgan fingerprint density at radius 2 is 1.14 bits per heavy atom. The van der Waals surface area contributed by atoms with E-state index in [1.165, 1.54) is 45.9 Å². The zero-order valence-corrected chi connectivity index (χ0v) is 89.5. The number of nitrogens with zero attached hydrogens (tertiary/aromatic N) is 6. The number of allylic oxidation sites excluding steroid dienone is 1. The van der Waals surface area contributed by atoms with E-state index in [0.29, 0.717) is 82.0 Å². The van der Waals surface area contributed by atoms with Gasteiger partial charge in [0, 0.05) is 134 Å². The van der Waals surface area contributed by atoms with Gasteiger partial charge in [-0.2, -0.15) is 48.4 Å². The summed E-state index contributed by atoms with van der Waals surface area (Å²) in [6, 6.07) is 51.0. The molecule has 0 radical (unpaired) electrons. The number of nitrogens with two attached hydrogens (primary N) is 1. The first-order valence-corrected chi connectivity index (χ1v) is 57.6. The molecule has 8 aromatic carbocycles. The molecule has 0 spiro atoms. The summed E-state index contributed by atoms with van der Waals surface area (Å²) in [4.78, 5) is 24.8. The molecule has 0 amide bonds. The largest absolute Gasteiger partial charge is 1.00 e. The van der Waals surface area contributed by atoms with Crippen LogP contribution in [0.3, 0.4) is 0 Å². The average molecular weight is 2200 g/mol. The topological polar surface area (TPSA) is 429 Å². The van der Waals surface area contributed by atoms with Crippen LogP contribution in [0.2, 0.25) is 0 Å². The summed E-state index contributed by atoms with van der Waals surface area (Å²) < 4.78 is 367.